The fraction of sp³-hybridized carbons (Fsp3) is 0.105. The maximum Gasteiger partial charge on any atom is 0.239 e. The standard InChI is InChI=1S/C19H15NOS/c21-19-17(13-15-9-6-12-22-15)16-10-4-5-11-18(16)20(19)14-7-2-1-3-8-14/h1-12,17H,13H2/t17-/m0/s1. The first kappa shape index (κ1) is 13.3. The van der Waals surface area contributed by atoms with Crippen LogP contribution in [-0.2, 0) is 11.2 Å². The first-order valence-corrected chi connectivity index (χ1v) is 8.23. The Morgan fingerprint density at radius 1 is 0.909 bits per heavy atom. The molecule has 0 unspecified atom stereocenters. The number of amides is 1. The molecule has 0 saturated heterocycles. The molecular weight excluding hydrogens is 290 g/mol. The summed E-state index contributed by atoms with van der Waals surface area (Å²) >= 11 is 1.71. The molecule has 0 radical (unpaired) electrons. The number of thiophene rings is 1. The predicted octanol–water partition coefficient (Wildman–Crippen LogP) is 4.75. The molecule has 2 nitrogen and oxygen atoms in total. The summed E-state index contributed by atoms with van der Waals surface area (Å²) in [5.41, 5.74) is 3.08. The van der Waals surface area contributed by atoms with E-state index in [9.17, 15) is 4.79 Å². The van der Waals surface area contributed by atoms with E-state index >= 15 is 0 Å². The van der Waals surface area contributed by atoms with Crippen LogP contribution in [0.3, 0.4) is 0 Å². The number of para-hydroxylation sites is 2. The molecule has 108 valence electrons. The summed E-state index contributed by atoms with van der Waals surface area (Å²) in [5.74, 6) is 0.0795. The first-order chi connectivity index (χ1) is 10.8. The maximum atomic E-state index is 13.0. The second kappa shape index (κ2) is 5.43. The van der Waals surface area contributed by atoms with E-state index in [1.54, 1.807) is 11.3 Å². The molecule has 2 aromatic carbocycles. The monoisotopic (exact) mass is 305 g/mol. The van der Waals surface area contributed by atoms with E-state index in [1.165, 1.54) is 4.88 Å². The van der Waals surface area contributed by atoms with Crippen molar-refractivity contribution < 1.29 is 4.79 Å². The van der Waals surface area contributed by atoms with Gasteiger partial charge < -0.3 is 0 Å². The Bertz CT molecular complexity index is 795. The lowest BCUT2D eigenvalue weighted by atomic mass is 9.97. The average Bonchev–Trinajstić information content (AvgIpc) is 3.16. The van der Waals surface area contributed by atoms with Gasteiger partial charge in [-0.3, -0.25) is 9.69 Å². The van der Waals surface area contributed by atoms with Gasteiger partial charge in [0.1, 0.15) is 0 Å². The number of anilines is 2. The second-order valence-electron chi connectivity index (χ2n) is 5.40. The lowest BCUT2D eigenvalue weighted by Gasteiger charge is -2.18. The zero-order valence-corrected chi connectivity index (χ0v) is 12.8. The van der Waals surface area contributed by atoms with Crippen molar-refractivity contribution >= 4 is 28.6 Å². The van der Waals surface area contributed by atoms with E-state index in [-0.39, 0.29) is 11.8 Å². The summed E-state index contributed by atoms with van der Waals surface area (Å²) in [5, 5.41) is 2.07. The number of nitrogens with zero attached hydrogens (tertiary/aromatic N) is 1. The molecule has 2 heterocycles. The van der Waals surface area contributed by atoms with Crippen LogP contribution in [0.15, 0.2) is 72.1 Å². The molecule has 0 aliphatic carbocycles. The van der Waals surface area contributed by atoms with E-state index in [1.807, 2.05) is 59.5 Å². The maximum absolute atomic E-state index is 13.0. The molecule has 0 spiro atoms. The van der Waals surface area contributed by atoms with E-state index < -0.39 is 0 Å². The summed E-state index contributed by atoms with van der Waals surface area (Å²) in [6.45, 7) is 0. The lowest BCUT2D eigenvalue weighted by molar-refractivity contribution is -0.118. The highest BCUT2D eigenvalue weighted by Crippen LogP contribution is 2.43. The number of carbonyl (C=O) groups excluding carboxylic acids is 1. The van der Waals surface area contributed by atoms with E-state index in [0.717, 1.165) is 23.4 Å². The molecule has 4 rings (SSSR count). The largest absolute Gasteiger partial charge is 0.280 e. The topological polar surface area (TPSA) is 20.3 Å². The van der Waals surface area contributed by atoms with Crippen molar-refractivity contribution in [3.63, 3.8) is 0 Å². The molecule has 1 aromatic heterocycles. The fourth-order valence-corrected chi connectivity index (χ4v) is 3.82. The van der Waals surface area contributed by atoms with Gasteiger partial charge in [-0.25, -0.2) is 0 Å². The lowest BCUT2D eigenvalue weighted by Crippen LogP contribution is -2.24. The Hall–Kier alpha value is -2.39. The summed E-state index contributed by atoms with van der Waals surface area (Å²) in [6.07, 6.45) is 0.775. The fourth-order valence-electron chi connectivity index (χ4n) is 3.06. The Labute approximate surface area is 133 Å². The average molecular weight is 305 g/mol. The summed E-state index contributed by atoms with van der Waals surface area (Å²) in [7, 11) is 0. The first-order valence-electron chi connectivity index (χ1n) is 7.35. The van der Waals surface area contributed by atoms with Crippen molar-refractivity contribution in [3.8, 4) is 0 Å². The van der Waals surface area contributed by atoms with Crippen molar-refractivity contribution in [2.75, 3.05) is 4.90 Å². The minimum atomic E-state index is -0.0879. The van der Waals surface area contributed by atoms with Crippen LogP contribution in [0.25, 0.3) is 0 Å². The third-order valence-corrected chi connectivity index (χ3v) is 4.97. The zero-order valence-electron chi connectivity index (χ0n) is 12.0. The predicted molar refractivity (Wildman–Crippen MR) is 90.8 cm³/mol. The van der Waals surface area contributed by atoms with Crippen molar-refractivity contribution in [3.05, 3.63) is 82.6 Å². The van der Waals surface area contributed by atoms with Gasteiger partial charge in [0.25, 0.3) is 0 Å². The Balaban J connectivity index is 1.78. The Morgan fingerprint density at radius 2 is 1.68 bits per heavy atom. The van der Waals surface area contributed by atoms with E-state index in [0.29, 0.717) is 0 Å². The zero-order chi connectivity index (χ0) is 14.9. The number of hydrogen-bond donors (Lipinski definition) is 0. The van der Waals surface area contributed by atoms with Crippen LogP contribution >= 0.6 is 11.3 Å². The normalized spacial score (nSPS) is 16.8. The Kier molecular flexibility index (Phi) is 3.28. The number of rotatable bonds is 3. The van der Waals surface area contributed by atoms with Gasteiger partial charge in [-0.1, -0.05) is 42.5 Å². The number of benzene rings is 2. The van der Waals surface area contributed by atoms with Gasteiger partial charge in [0.2, 0.25) is 5.91 Å². The van der Waals surface area contributed by atoms with Crippen LogP contribution in [0.2, 0.25) is 0 Å². The van der Waals surface area contributed by atoms with Crippen LogP contribution in [0.1, 0.15) is 16.4 Å². The van der Waals surface area contributed by atoms with Gasteiger partial charge in [0, 0.05) is 10.6 Å². The molecule has 0 bridgehead atoms. The molecule has 1 atom stereocenters. The van der Waals surface area contributed by atoms with Crippen molar-refractivity contribution in [2.24, 2.45) is 0 Å². The molecular formula is C19H15NOS. The summed E-state index contributed by atoms with van der Waals surface area (Å²) < 4.78 is 0. The molecule has 22 heavy (non-hydrogen) atoms. The molecule has 1 aliphatic rings. The van der Waals surface area contributed by atoms with Gasteiger partial charge in [-0.2, -0.15) is 0 Å². The number of carbonyl (C=O) groups is 1. The van der Waals surface area contributed by atoms with Crippen LogP contribution in [-0.4, -0.2) is 5.91 Å². The molecule has 0 N–H and O–H groups in total. The molecule has 3 aromatic rings. The van der Waals surface area contributed by atoms with Gasteiger partial charge in [0.05, 0.1) is 11.6 Å². The van der Waals surface area contributed by atoms with Crippen molar-refractivity contribution in [1.29, 1.82) is 0 Å². The molecule has 0 fully saturated rings. The quantitative estimate of drug-likeness (QED) is 0.683. The molecule has 3 heteroatoms. The van der Waals surface area contributed by atoms with Gasteiger partial charge in [-0.05, 0) is 41.6 Å². The second-order valence-corrected chi connectivity index (χ2v) is 6.44. The van der Waals surface area contributed by atoms with Crippen molar-refractivity contribution in [1.82, 2.24) is 0 Å². The highest BCUT2D eigenvalue weighted by molar-refractivity contribution is 7.09. The van der Waals surface area contributed by atoms with E-state index in [2.05, 4.69) is 17.5 Å². The third-order valence-electron chi connectivity index (χ3n) is 4.07. The van der Waals surface area contributed by atoms with Crippen LogP contribution in [0, 0.1) is 0 Å². The minimum Gasteiger partial charge on any atom is -0.280 e. The smallest absolute Gasteiger partial charge is 0.239 e. The van der Waals surface area contributed by atoms with Gasteiger partial charge >= 0.3 is 0 Å². The van der Waals surface area contributed by atoms with E-state index in [4.69, 9.17) is 0 Å². The summed E-state index contributed by atoms with van der Waals surface area (Å²) in [6, 6.07) is 22.2. The Morgan fingerprint density at radius 3 is 2.45 bits per heavy atom. The third kappa shape index (κ3) is 2.14. The molecule has 1 amide bonds. The van der Waals surface area contributed by atoms with Gasteiger partial charge in [-0.15, -0.1) is 11.3 Å². The van der Waals surface area contributed by atoms with Gasteiger partial charge in [0.15, 0.2) is 0 Å². The summed E-state index contributed by atoms with van der Waals surface area (Å²) in [4.78, 5) is 16.1. The van der Waals surface area contributed by atoms with Crippen LogP contribution < -0.4 is 4.90 Å². The highest BCUT2D eigenvalue weighted by Gasteiger charge is 2.37. The molecule has 0 saturated carbocycles. The minimum absolute atomic E-state index is 0.0879. The SMILES string of the molecule is O=C1[C@@H](Cc2cccs2)c2ccccc2N1c1ccccc1. The number of hydrogen-bond acceptors (Lipinski definition) is 2. The van der Waals surface area contributed by atoms with Crippen LogP contribution in [0.4, 0.5) is 11.4 Å². The molecule has 1 aliphatic heterocycles. The van der Waals surface area contributed by atoms with Crippen molar-refractivity contribution in [2.45, 2.75) is 12.3 Å². The number of fused-ring (bicyclic) bond motifs is 1. The van der Waals surface area contributed by atoms with Crippen LogP contribution in [0.5, 0.6) is 0 Å². The highest BCUT2D eigenvalue weighted by atomic mass is 32.1.